The van der Waals surface area contributed by atoms with Crippen molar-refractivity contribution in [1.82, 2.24) is 9.97 Å². The van der Waals surface area contributed by atoms with Gasteiger partial charge in [-0.2, -0.15) is 13.2 Å². The Kier molecular flexibility index (Phi) is 5.74. The van der Waals surface area contributed by atoms with Gasteiger partial charge in [0.05, 0.1) is 23.4 Å². The van der Waals surface area contributed by atoms with Crippen molar-refractivity contribution in [2.24, 2.45) is 0 Å². The van der Waals surface area contributed by atoms with E-state index in [1.807, 2.05) is 0 Å². The number of carbonyl (C=O) groups is 1. The molecule has 4 rings (SSSR count). The molecule has 0 aliphatic heterocycles. The zero-order valence-electron chi connectivity index (χ0n) is 16.4. The molecular weight excluding hydrogens is 423 g/mol. The monoisotopic (exact) mass is 439 g/mol. The van der Waals surface area contributed by atoms with E-state index in [1.165, 1.54) is 24.5 Å². The lowest BCUT2D eigenvalue weighted by Crippen LogP contribution is -2.15. The molecule has 0 aliphatic rings. The van der Waals surface area contributed by atoms with Crippen LogP contribution in [0, 0.1) is 0 Å². The number of aliphatic hydroxyl groups is 1. The third-order valence-corrected chi connectivity index (χ3v) is 4.64. The average Bonchev–Trinajstić information content (AvgIpc) is 2.78. The maximum Gasteiger partial charge on any atom is 0.416 e. The highest BCUT2D eigenvalue weighted by atomic mass is 19.4. The molecule has 0 unspecified atom stereocenters. The largest absolute Gasteiger partial charge is 0.438 e. The van der Waals surface area contributed by atoms with Crippen LogP contribution in [0.25, 0.3) is 10.8 Å². The summed E-state index contributed by atoms with van der Waals surface area (Å²) in [5.41, 5.74) is -0.425. The number of hydrogen-bond donors (Lipinski definition) is 2. The highest BCUT2D eigenvalue weighted by Gasteiger charge is 2.30. The summed E-state index contributed by atoms with van der Waals surface area (Å²) in [5, 5.41) is 13.1. The first kappa shape index (κ1) is 21.3. The summed E-state index contributed by atoms with van der Waals surface area (Å²) >= 11 is 0. The summed E-state index contributed by atoms with van der Waals surface area (Å²) < 4.78 is 44.9. The zero-order valence-corrected chi connectivity index (χ0v) is 16.4. The molecule has 0 aliphatic carbocycles. The topological polar surface area (TPSA) is 84.3 Å². The molecule has 0 saturated heterocycles. The number of hydrogen-bond acceptors (Lipinski definition) is 5. The fraction of sp³-hybridized carbons (Fsp3) is 0.0870. The number of anilines is 1. The number of nitrogens with zero attached hydrogens (tertiary/aromatic N) is 2. The van der Waals surface area contributed by atoms with E-state index in [0.717, 1.165) is 17.5 Å². The number of nitrogens with one attached hydrogen (secondary N) is 1. The minimum atomic E-state index is -4.54. The second-order valence-electron chi connectivity index (χ2n) is 6.80. The van der Waals surface area contributed by atoms with Gasteiger partial charge in [-0.3, -0.25) is 4.79 Å². The van der Waals surface area contributed by atoms with E-state index in [4.69, 9.17) is 4.74 Å². The first-order chi connectivity index (χ1) is 15.3. The van der Waals surface area contributed by atoms with E-state index in [-0.39, 0.29) is 29.5 Å². The Bertz CT molecular complexity index is 1290. The molecule has 0 saturated carbocycles. The van der Waals surface area contributed by atoms with Crippen molar-refractivity contribution in [3.05, 3.63) is 89.9 Å². The SMILES string of the molecule is O=C(Nc1cccc(C(F)(F)F)c1)c1c(Oc2cc(CO)ncn2)ccc2ccccc12. The van der Waals surface area contributed by atoms with Crippen molar-refractivity contribution in [2.75, 3.05) is 5.32 Å². The van der Waals surface area contributed by atoms with Crippen molar-refractivity contribution in [3.63, 3.8) is 0 Å². The van der Waals surface area contributed by atoms with Crippen molar-refractivity contribution >= 4 is 22.4 Å². The Balaban J connectivity index is 1.74. The summed E-state index contributed by atoms with van der Waals surface area (Å²) in [6.07, 6.45) is -3.32. The molecule has 1 heterocycles. The first-order valence-corrected chi connectivity index (χ1v) is 9.45. The van der Waals surface area contributed by atoms with Gasteiger partial charge in [-0.05, 0) is 35.0 Å². The van der Waals surface area contributed by atoms with Gasteiger partial charge in [0, 0.05) is 11.8 Å². The summed E-state index contributed by atoms with van der Waals surface area (Å²) in [5.74, 6) is -0.393. The Morgan fingerprint density at radius 3 is 2.59 bits per heavy atom. The summed E-state index contributed by atoms with van der Waals surface area (Å²) in [6, 6.07) is 16.2. The van der Waals surface area contributed by atoms with E-state index in [0.29, 0.717) is 11.1 Å². The maximum absolute atomic E-state index is 13.2. The van der Waals surface area contributed by atoms with E-state index >= 15 is 0 Å². The summed E-state index contributed by atoms with van der Waals surface area (Å²) in [7, 11) is 0. The molecule has 0 fully saturated rings. The Labute approximate surface area is 180 Å². The lowest BCUT2D eigenvalue weighted by molar-refractivity contribution is -0.137. The lowest BCUT2D eigenvalue weighted by atomic mass is 10.0. The molecule has 2 N–H and O–H groups in total. The van der Waals surface area contributed by atoms with Crippen molar-refractivity contribution < 1.29 is 27.8 Å². The number of amides is 1. The van der Waals surface area contributed by atoms with E-state index in [9.17, 15) is 23.1 Å². The van der Waals surface area contributed by atoms with Gasteiger partial charge in [0.2, 0.25) is 5.88 Å². The molecule has 9 heteroatoms. The van der Waals surface area contributed by atoms with Gasteiger partial charge in [0.15, 0.2) is 0 Å². The molecule has 3 aromatic carbocycles. The molecule has 0 radical (unpaired) electrons. The third kappa shape index (κ3) is 4.52. The van der Waals surface area contributed by atoms with Crippen molar-refractivity contribution in [1.29, 1.82) is 0 Å². The van der Waals surface area contributed by atoms with Crippen LogP contribution in [0.2, 0.25) is 0 Å². The highest BCUT2D eigenvalue weighted by molar-refractivity contribution is 6.15. The zero-order chi connectivity index (χ0) is 22.7. The standard InChI is InChI=1S/C23H16F3N3O3/c24-23(25,26)15-5-3-6-16(10-15)29-22(31)21-18-7-2-1-4-14(18)8-9-19(21)32-20-11-17(12-30)27-13-28-20/h1-11,13,30H,12H2,(H,29,31). The number of fused-ring (bicyclic) bond motifs is 1. The number of ether oxygens (including phenoxy) is 1. The number of rotatable bonds is 5. The molecule has 1 amide bonds. The summed E-state index contributed by atoms with van der Waals surface area (Å²) in [6.45, 7) is -0.320. The van der Waals surface area contributed by atoms with Crippen LogP contribution in [0.15, 0.2) is 73.1 Å². The molecule has 4 aromatic rings. The van der Waals surface area contributed by atoms with Crippen LogP contribution < -0.4 is 10.1 Å². The van der Waals surface area contributed by atoms with Crippen LogP contribution in [0.1, 0.15) is 21.6 Å². The Morgan fingerprint density at radius 2 is 1.81 bits per heavy atom. The highest BCUT2D eigenvalue weighted by Crippen LogP contribution is 2.33. The van der Waals surface area contributed by atoms with Crippen LogP contribution >= 0.6 is 0 Å². The second kappa shape index (κ2) is 8.64. The quantitative estimate of drug-likeness (QED) is 0.447. The maximum atomic E-state index is 13.2. The number of aromatic nitrogens is 2. The van der Waals surface area contributed by atoms with E-state index in [2.05, 4.69) is 15.3 Å². The normalized spacial score (nSPS) is 11.4. The summed E-state index contributed by atoms with van der Waals surface area (Å²) in [4.78, 5) is 21.0. The van der Waals surface area contributed by atoms with Gasteiger partial charge in [-0.1, -0.05) is 36.4 Å². The number of benzene rings is 3. The van der Waals surface area contributed by atoms with Crippen molar-refractivity contribution in [2.45, 2.75) is 12.8 Å². The van der Waals surface area contributed by atoms with Gasteiger partial charge < -0.3 is 15.2 Å². The van der Waals surface area contributed by atoms with Gasteiger partial charge in [0.25, 0.3) is 5.91 Å². The molecule has 162 valence electrons. The van der Waals surface area contributed by atoms with Crippen LogP contribution in [-0.2, 0) is 12.8 Å². The van der Waals surface area contributed by atoms with E-state index in [1.54, 1.807) is 36.4 Å². The third-order valence-electron chi connectivity index (χ3n) is 4.64. The smallest absolute Gasteiger partial charge is 0.416 e. The Hall–Kier alpha value is -3.98. The molecule has 6 nitrogen and oxygen atoms in total. The van der Waals surface area contributed by atoms with Crippen LogP contribution in [0.4, 0.5) is 18.9 Å². The van der Waals surface area contributed by atoms with Gasteiger partial charge >= 0.3 is 6.18 Å². The molecule has 1 aromatic heterocycles. The van der Waals surface area contributed by atoms with Crippen LogP contribution in [-0.4, -0.2) is 21.0 Å². The molecule has 0 atom stereocenters. The van der Waals surface area contributed by atoms with Crippen LogP contribution in [0.5, 0.6) is 11.6 Å². The minimum absolute atomic E-state index is 0.00619. The number of alkyl halides is 3. The van der Waals surface area contributed by atoms with Gasteiger partial charge in [-0.25, -0.2) is 9.97 Å². The van der Waals surface area contributed by atoms with Crippen LogP contribution in [0.3, 0.4) is 0 Å². The molecule has 32 heavy (non-hydrogen) atoms. The first-order valence-electron chi connectivity index (χ1n) is 9.45. The number of aliphatic hydroxyl groups excluding tert-OH is 1. The predicted octanol–water partition coefficient (Wildman–Crippen LogP) is 5.19. The predicted molar refractivity (Wildman–Crippen MR) is 111 cm³/mol. The van der Waals surface area contributed by atoms with E-state index < -0.39 is 17.6 Å². The number of carbonyl (C=O) groups excluding carboxylic acids is 1. The Morgan fingerprint density at radius 1 is 1.00 bits per heavy atom. The second-order valence-corrected chi connectivity index (χ2v) is 6.80. The minimum Gasteiger partial charge on any atom is -0.438 e. The van der Waals surface area contributed by atoms with Crippen molar-refractivity contribution in [3.8, 4) is 11.6 Å². The fourth-order valence-corrected chi connectivity index (χ4v) is 3.17. The molecule has 0 bridgehead atoms. The van der Waals surface area contributed by atoms with Gasteiger partial charge in [-0.15, -0.1) is 0 Å². The number of halogens is 3. The molecular formula is C23H16F3N3O3. The fourth-order valence-electron chi connectivity index (χ4n) is 3.17. The lowest BCUT2D eigenvalue weighted by Gasteiger charge is -2.15. The molecule has 0 spiro atoms. The van der Waals surface area contributed by atoms with Gasteiger partial charge in [0.1, 0.15) is 12.1 Å². The average molecular weight is 439 g/mol.